The maximum absolute atomic E-state index is 12.6. The molecule has 1 saturated carbocycles. The molecule has 1 aromatic heterocycles. The molecular weight excluding hydrogens is 211 g/mol. The van der Waals surface area contributed by atoms with Crippen molar-refractivity contribution < 1.29 is 13.2 Å². The van der Waals surface area contributed by atoms with Crippen LogP contribution in [0.4, 0.5) is 19.0 Å². The second kappa shape index (κ2) is 2.98. The molecule has 0 saturated heterocycles. The van der Waals surface area contributed by atoms with Crippen LogP contribution in [0.5, 0.6) is 0 Å². The van der Waals surface area contributed by atoms with Gasteiger partial charge in [-0.15, -0.1) is 0 Å². The van der Waals surface area contributed by atoms with E-state index < -0.39 is 23.4 Å². The molecule has 0 bridgehead atoms. The molecule has 15 heavy (non-hydrogen) atoms. The largest absolute Gasteiger partial charge is 0.431 e. The first-order chi connectivity index (χ1) is 6.89. The molecule has 0 atom stereocenters. The van der Waals surface area contributed by atoms with Gasteiger partial charge in [0.15, 0.2) is 0 Å². The van der Waals surface area contributed by atoms with Crippen LogP contribution in [0.25, 0.3) is 0 Å². The summed E-state index contributed by atoms with van der Waals surface area (Å²) in [5, 5.41) is 0. The zero-order valence-corrected chi connectivity index (χ0v) is 7.58. The topological polar surface area (TPSA) is 60.9 Å². The van der Waals surface area contributed by atoms with Gasteiger partial charge >= 0.3 is 11.9 Å². The fraction of sp³-hybridized carbons (Fsp3) is 0.500. The van der Waals surface area contributed by atoms with Crippen LogP contribution in [0.3, 0.4) is 0 Å². The lowest BCUT2D eigenvalue weighted by molar-refractivity contribution is -0.144. The van der Waals surface area contributed by atoms with E-state index in [1.807, 2.05) is 0 Å². The van der Waals surface area contributed by atoms with Crippen LogP contribution in [-0.2, 0) is 6.18 Å². The SMILES string of the molecule is Nc1cc(C(F)(F)F)n(C2CC2)c(=O)n1. The van der Waals surface area contributed by atoms with E-state index in [2.05, 4.69) is 4.98 Å². The van der Waals surface area contributed by atoms with Gasteiger partial charge in [-0.3, -0.25) is 4.57 Å². The molecule has 7 heteroatoms. The summed E-state index contributed by atoms with van der Waals surface area (Å²) in [6.45, 7) is 0. The number of halogens is 3. The van der Waals surface area contributed by atoms with Crippen LogP contribution >= 0.6 is 0 Å². The molecule has 1 aliphatic carbocycles. The van der Waals surface area contributed by atoms with Crippen molar-refractivity contribution in [3.05, 3.63) is 22.2 Å². The van der Waals surface area contributed by atoms with Crippen LogP contribution in [0.15, 0.2) is 10.9 Å². The normalized spacial score (nSPS) is 16.7. The van der Waals surface area contributed by atoms with Crippen molar-refractivity contribution in [3.63, 3.8) is 0 Å². The van der Waals surface area contributed by atoms with Crippen molar-refractivity contribution in [3.8, 4) is 0 Å². The molecule has 1 heterocycles. The number of aromatic nitrogens is 2. The minimum Gasteiger partial charge on any atom is -0.383 e. The number of hydrogen-bond acceptors (Lipinski definition) is 3. The Morgan fingerprint density at radius 3 is 2.53 bits per heavy atom. The van der Waals surface area contributed by atoms with E-state index in [0.29, 0.717) is 23.5 Å². The lowest BCUT2D eigenvalue weighted by atomic mass is 10.3. The van der Waals surface area contributed by atoms with E-state index in [-0.39, 0.29) is 6.04 Å². The molecule has 4 nitrogen and oxygen atoms in total. The third kappa shape index (κ3) is 1.81. The van der Waals surface area contributed by atoms with Crippen molar-refractivity contribution in [2.24, 2.45) is 0 Å². The van der Waals surface area contributed by atoms with Gasteiger partial charge in [0.2, 0.25) is 0 Å². The Morgan fingerprint density at radius 1 is 1.47 bits per heavy atom. The van der Waals surface area contributed by atoms with Crippen LogP contribution in [0, 0.1) is 0 Å². The third-order valence-electron chi connectivity index (χ3n) is 2.18. The summed E-state index contributed by atoms with van der Waals surface area (Å²) in [4.78, 5) is 14.6. The molecule has 0 aromatic carbocycles. The molecule has 0 unspecified atom stereocenters. The molecule has 0 spiro atoms. The first-order valence-electron chi connectivity index (χ1n) is 4.36. The summed E-state index contributed by atoms with van der Waals surface area (Å²) in [7, 11) is 0. The van der Waals surface area contributed by atoms with E-state index in [1.54, 1.807) is 0 Å². The molecule has 1 aromatic rings. The van der Waals surface area contributed by atoms with Crippen molar-refractivity contribution in [1.82, 2.24) is 9.55 Å². The van der Waals surface area contributed by atoms with Crippen molar-refractivity contribution in [1.29, 1.82) is 0 Å². The summed E-state index contributed by atoms with van der Waals surface area (Å²) >= 11 is 0. The summed E-state index contributed by atoms with van der Waals surface area (Å²) in [6.07, 6.45) is -3.41. The molecule has 0 aliphatic heterocycles. The van der Waals surface area contributed by atoms with Gasteiger partial charge in [0.25, 0.3) is 0 Å². The van der Waals surface area contributed by atoms with Gasteiger partial charge in [-0.1, -0.05) is 0 Å². The van der Waals surface area contributed by atoms with E-state index in [0.717, 1.165) is 0 Å². The van der Waals surface area contributed by atoms with Crippen molar-refractivity contribution in [2.75, 3.05) is 5.73 Å². The maximum Gasteiger partial charge on any atom is 0.431 e. The van der Waals surface area contributed by atoms with Gasteiger partial charge in [-0.25, -0.2) is 4.79 Å². The monoisotopic (exact) mass is 219 g/mol. The Bertz CT molecular complexity index is 447. The van der Waals surface area contributed by atoms with Crippen LogP contribution < -0.4 is 11.4 Å². The van der Waals surface area contributed by atoms with E-state index >= 15 is 0 Å². The number of hydrogen-bond donors (Lipinski definition) is 1. The minimum atomic E-state index is -4.57. The second-order valence-electron chi connectivity index (χ2n) is 3.45. The summed E-state index contributed by atoms with van der Waals surface area (Å²) in [6, 6.07) is 0.321. The number of nitrogens with two attached hydrogens (primary N) is 1. The quantitative estimate of drug-likeness (QED) is 0.771. The molecule has 1 fully saturated rings. The van der Waals surface area contributed by atoms with Crippen LogP contribution in [0.2, 0.25) is 0 Å². The Morgan fingerprint density at radius 2 is 2.07 bits per heavy atom. The van der Waals surface area contributed by atoms with Gasteiger partial charge in [-0.05, 0) is 12.8 Å². The molecule has 82 valence electrons. The van der Waals surface area contributed by atoms with Gasteiger partial charge in [0.05, 0.1) is 0 Å². The van der Waals surface area contributed by atoms with E-state index in [4.69, 9.17) is 5.73 Å². The molecule has 2 N–H and O–H groups in total. The third-order valence-corrected chi connectivity index (χ3v) is 2.18. The number of rotatable bonds is 1. The number of alkyl halides is 3. The van der Waals surface area contributed by atoms with Crippen molar-refractivity contribution in [2.45, 2.75) is 25.1 Å². The maximum atomic E-state index is 12.6. The first kappa shape index (κ1) is 10.0. The first-order valence-corrected chi connectivity index (χ1v) is 4.36. The molecule has 2 rings (SSSR count). The predicted octanol–water partition coefficient (Wildman–Crippen LogP) is 1.18. The van der Waals surface area contributed by atoms with E-state index in [1.165, 1.54) is 0 Å². The van der Waals surface area contributed by atoms with Crippen LogP contribution in [0.1, 0.15) is 24.6 Å². The van der Waals surface area contributed by atoms with Gasteiger partial charge in [0, 0.05) is 12.1 Å². The van der Waals surface area contributed by atoms with Gasteiger partial charge in [0.1, 0.15) is 11.5 Å². The fourth-order valence-corrected chi connectivity index (χ4v) is 1.41. The van der Waals surface area contributed by atoms with E-state index in [9.17, 15) is 18.0 Å². The highest BCUT2D eigenvalue weighted by Crippen LogP contribution is 2.39. The van der Waals surface area contributed by atoms with Crippen LogP contribution in [-0.4, -0.2) is 9.55 Å². The highest BCUT2D eigenvalue weighted by molar-refractivity contribution is 5.30. The predicted molar refractivity (Wildman–Crippen MR) is 46.2 cm³/mol. The molecule has 0 amide bonds. The lowest BCUT2D eigenvalue weighted by Crippen LogP contribution is -2.30. The van der Waals surface area contributed by atoms with Crippen molar-refractivity contribution >= 4 is 5.82 Å². The summed E-state index contributed by atoms with van der Waals surface area (Å²) in [5.74, 6) is -0.399. The second-order valence-corrected chi connectivity index (χ2v) is 3.45. The average Bonchev–Trinajstić information content (AvgIpc) is 2.84. The summed E-state index contributed by atoms with van der Waals surface area (Å²) < 4.78 is 38.3. The molecule has 0 radical (unpaired) electrons. The van der Waals surface area contributed by atoms with Gasteiger partial charge in [-0.2, -0.15) is 18.2 Å². The van der Waals surface area contributed by atoms with Gasteiger partial charge < -0.3 is 5.73 Å². The highest BCUT2D eigenvalue weighted by Gasteiger charge is 2.39. The Kier molecular flexibility index (Phi) is 1.99. The average molecular weight is 219 g/mol. The molecular formula is C8H8F3N3O. The number of nitrogen functional groups attached to an aromatic ring is 1. The highest BCUT2D eigenvalue weighted by atomic mass is 19.4. The zero-order chi connectivity index (χ0) is 11.2. The fourth-order valence-electron chi connectivity index (χ4n) is 1.41. The lowest BCUT2D eigenvalue weighted by Gasteiger charge is -2.14. The standard InChI is InChI=1S/C8H8F3N3O/c9-8(10,11)5-3-6(12)13-7(15)14(5)4-1-2-4/h3-4H,1-2H2,(H2,12,13,15). The summed E-state index contributed by atoms with van der Waals surface area (Å²) in [5.41, 5.74) is 3.18. The number of nitrogens with zero attached hydrogens (tertiary/aromatic N) is 2. The Hall–Kier alpha value is -1.53. The molecule has 1 aliphatic rings. The minimum absolute atomic E-state index is 0.373. The number of anilines is 1. The zero-order valence-electron chi connectivity index (χ0n) is 7.58. The Labute approximate surface area is 82.5 Å². The smallest absolute Gasteiger partial charge is 0.383 e. The Balaban J connectivity index is 2.64.